The zero-order valence-corrected chi connectivity index (χ0v) is 10.4. The van der Waals surface area contributed by atoms with Crippen molar-refractivity contribution in [3.63, 3.8) is 0 Å². The summed E-state index contributed by atoms with van der Waals surface area (Å²) in [4.78, 5) is 0. The molecule has 0 saturated carbocycles. The Bertz CT molecular complexity index is 476. The minimum absolute atomic E-state index is 0.149. The summed E-state index contributed by atoms with van der Waals surface area (Å²) in [6, 6.07) is 5.52. The molecule has 0 fully saturated rings. The molecule has 0 aliphatic rings. The summed E-state index contributed by atoms with van der Waals surface area (Å²) < 4.78 is 14.3. The van der Waals surface area contributed by atoms with Gasteiger partial charge < -0.3 is 5.32 Å². The minimum Gasteiger partial charge on any atom is -0.314 e. The van der Waals surface area contributed by atoms with Gasteiger partial charge in [0.25, 0.3) is 0 Å². The molecule has 1 nitrogen and oxygen atoms in total. The Kier molecular flexibility index (Phi) is 3.56. The molecule has 0 saturated heterocycles. The van der Waals surface area contributed by atoms with E-state index in [2.05, 4.69) is 24.5 Å². The van der Waals surface area contributed by atoms with E-state index in [4.69, 9.17) is 0 Å². The van der Waals surface area contributed by atoms with Gasteiger partial charge in [-0.3, -0.25) is 0 Å². The van der Waals surface area contributed by atoms with E-state index in [1.54, 1.807) is 17.4 Å². The Morgan fingerprint density at radius 2 is 2.19 bits per heavy atom. The maximum Gasteiger partial charge on any atom is 0.123 e. The molecule has 86 valence electrons. The number of rotatable bonds is 4. The van der Waals surface area contributed by atoms with Crippen LogP contribution < -0.4 is 5.32 Å². The fraction of sp³-hybridized carbons (Fsp3) is 0.385. The van der Waals surface area contributed by atoms with Gasteiger partial charge in [-0.1, -0.05) is 13.8 Å². The van der Waals surface area contributed by atoms with Crippen molar-refractivity contribution < 1.29 is 4.39 Å². The first-order valence-corrected chi connectivity index (χ1v) is 6.44. The molecule has 0 aliphatic carbocycles. The van der Waals surface area contributed by atoms with Gasteiger partial charge in [-0.2, -0.15) is 0 Å². The third kappa shape index (κ3) is 2.60. The van der Waals surface area contributed by atoms with Gasteiger partial charge in [-0.25, -0.2) is 4.39 Å². The maximum absolute atomic E-state index is 13.1. The number of thiophene rings is 1. The van der Waals surface area contributed by atoms with Crippen molar-refractivity contribution in [3.05, 3.63) is 35.0 Å². The molecule has 2 rings (SSSR count). The molecule has 1 aromatic heterocycles. The van der Waals surface area contributed by atoms with Gasteiger partial charge in [0.15, 0.2) is 0 Å². The van der Waals surface area contributed by atoms with E-state index in [9.17, 15) is 4.39 Å². The molecule has 1 heterocycles. The lowest BCUT2D eigenvalue weighted by Gasteiger charge is -2.06. The monoisotopic (exact) mass is 237 g/mol. The first kappa shape index (κ1) is 11.6. The smallest absolute Gasteiger partial charge is 0.123 e. The summed E-state index contributed by atoms with van der Waals surface area (Å²) in [5, 5.41) is 6.57. The van der Waals surface area contributed by atoms with Gasteiger partial charge in [0.1, 0.15) is 5.82 Å². The lowest BCUT2D eigenvalue weighted by atomic mass is 10.1. The van der Waals surface area contributed by atoms with Crippen LogP contribution in [0.25, 0.3) is 10.1 Å². The van der Waals surface area contributed by atoms with Crippen molar-refractivity contribution in [2.45, 2.75) is 26.3 Å². The van der Waals surface area contributed by atoms with Crippen LogP contribution in [0.1, 0.15) is 19.4 Å². The molecule has 0 bridgehead atoms. The van der Waals surface area contributed by atoms with Gasteiger partial charge in [0, 0.05) is 10.7 Å². The van der Waals surface area contributed by atoms with Crippen LogP contribution in [-0.4, -0.2) is 12.6 Å². The number of nitrogens with one attached hydrogen (secondary N) is 1. The van der Waals surface area contributed by atoms with Crippen LogP contribution in [0, 0.1) is 5.82 Å². The molecular weight excluding hydrogens is 221 g/mol. The van der Waals surface area contributed by atoms with Crippen molar-refractivity contribution in [2.24, 2.45) is 0 Å². The predicted octanol–water partition coefficient (Wildman–Crippen LogP) is 3.58. The lowest BCUT2D eigenvalue weighted by Crippen LogP contribution is -2.24. The Hall–Kier alpha value is -0.930. The SMILES string of the molecule is CC(C)NCCc1csc2ccc(F)cc12. The molecule has 0 atom stereocenters. The quantitative estimate of drug-likeness (QED) is 0.857. The summed E-state index contributed by atoms with van der Waals surface area (Å²) in [5.41, 5.74) is 1.24. The number of hydrogen-bond donors (Lipinski definition) is 1. The van der Waals surface area contributed by atoms with E-state index < -0.39 is 0 Å². The topological polar surface area (TPSA) is 12.0 Å². The summed E-state index contributed by atoms with van der Waals surface area (Å²) in [6.07, 6.45) is 0.960. The van der Waals surface area contributed by atoms with Crippen LogP contribution in [0.2, 0.25) is 0 Å². The highest BCUT2D eigenvalue weighted by atomic mass is 32.1. The molecule has 16 heavy (non-hydrogen) atoms. The van der Waals surface area contributed by atoms with E-state index in [1.165, 1.54) is 16.3 Å². The minimum atomic E-state index is -0.149. The van der Waals surface area contributed by atoms with Crippen LogP contribution in [0.4, 0.5) is 4.39 Å². The second kappa shape index (κ2) is 4.93. The zero-order chi connectivity index (χ0) is 11.5. The number of halogens is 1. The highest BCUT2D eigenvalue weighted by Gasteiger charge is 2.05. The normalized spacial score (nSPS) is 11.5. The number of fused-ring (bicyclic) bond motifs is 1. The first-order chi connectivity index (χ1) is 7.66. The molecule has 0 radical (unpaired) electrons. The highest BCUT2D eigenvalue weighted by Crippen LogP contribution is 2.26. The van der Waals surface area contributed by atoms with Gasteiger partial charge in [-0.05, 0) is 47.5 Å². The fourth-order valence-electron chi connectivity index (χ4n) is 1.74. The molecule has 0 aliphatic heterocycles. The summed E-state index contributed by atoms with van der Waals surface area (Å²) in [5.74, 6) is -0.149. The molecule has 1 N–H and O–H groups in total. The van der Waals surface area contributed by atoms with Crippen molar-refractivity contribution in [1.29, 1.82) is 0 Å². The van der Waals surface area contributed by atoms with E-state index in [1.807, 2.05) is 6.07 Å². The Balaban J connectivity index is 2.15. The Morgan fingerprint density at radius 1 is 1.38 bits per heavy atom. The largest absolute Gasteiger partial charge is 0.314 e. The lowest BCUT2D eigenvalue weighted by molar-refractivity contribution is 0.591. The Morgan fingerprint density at radius 3 is 2.94 bits per heavy atom. The van der Waals surface area contributed by atoms with Crippen LogP contribution in [0.5, 0.6) is 0 Å². The molecule has 1 aromatic carbocycles. The maximum atomic E-state index is 13.1. The number of benzene rings is 1. The van der Waals surface area contributed by atoms with E-state index in [0.717, 1.165) is 18.4 Å². The average molecular weight is 237 g/mol. The first-order valence-electron chi connectivity index (χ1n) is 5.56. The van der Waals surface area contributed by atoms with E-state index in [-0.39, 0.29) is 5.82 Å². The van der Waals surface area contributed by atoms with Gasteiger partial charge in [-0.15, -0.1) is 11.3 Å². The van der Waals surface area contributed by atoms with Gasteiger partial charge >= 0.3 is 0 Å². The summed E-state index contributed by atoms with van der Waals surface area (Å²) >= 11 is 1.69. The molecule has 0 amide bonds. The van der Waals surface area contributed by atoms with Crippen LogP contribution in [-0.2, 0) is 6.42 Å². The van der Waals surface area contributed by atoms with Crippen LogP contribution in [0.15, 0.2) is 23.6 Å². The number of hydrogen-bond acceptors (Lipinski definition) is 2. The standard InChI is InChI=1S/C13H16FNS/c1-9(2)15-6-5-10-8-16-13-4-3-11(14)7-12(10)13/h3-4,7-9,15H,5-6H2,1-2H3. The molecule has 0 spiro atoms. The molecule has 2 aromatic rings. The third-order valence-corrected chi connectivity index (χ3v) is 3.57. The van der Waals surface area contributed by atoms with Crippen molar-refractivity contribution in [3.8, 4) is 0 Å². The second-order valence-electron chi connectivity index (χ2n) is 4.26. The summed E-state index contributed by atoms with van der Waals surface area (Å²) in [6.45, 7) is 5.21. The van der Waals surface area contributed by atoms with Crippen molar-refractivity contribution in [2.75, 3.05) is 6.54 Å². The van der Waals surface area contributed by atoms with Gasteiger partial charge in [0.2, 0.25) is 0 Å². The molecule has 0 unspecified atom stereocenters. The zero-order valence-electron chi connectivity index (χ0n) is 9.59. The van der Waals surface area contributed by atoms with Crippen molar-refractivity contribution >= 4 is 21.4 Å². The van der Waals surface area contributed by atoms with Crippen LogP contribution >= 0.6 is 11.3 Å². The van der Waals surface area contributed by atoms with E-state index in [0.29, 0.717) is 6.04 Å². The highest BCUT2D eigenvalue weighted by molar-refractivity contribution is 7.17. The van der Waals surface area contributed by atoms with Gasteiger partial charge in [0.05, 0.1) is 0 Å². The van der Waals surface area contributed by atoms with Crippen LogP contribution in [0.3, 0.4) is 0 Å². The fourth-order valence-corrected chi connectivity index (χ4v) is 2.72. The van der Waals surface area contributed by atoms with Crippen molar-refractivity contribution in [1.82, 2.24) is 5.32 Å². The average Bonchev–Trinajstić information content (AvgIpc) is 2.60. The Labute approximate surface area is 99.3 Å². The van der Waals surface area contributed by atoms with E-state index >= 15 is 0 Å². The predicted molar refractivity (Wildman–Crippen MR) is 68.6 cm³/mol. The second-order valence-corrected chi connectivity index (χ2v) is 5.17. The molecule has 3 heteroatoms. The molecular formula is C13H16FNS. The summed E-state index contributed by atoms with van der Waals surface area (Å²) in [7, 11) is 0. The third-order valence-electron chi connectivity index (χ3n) is 2.56.